The summed E-state index contributed by atoms with van der Waals surface area (Å²) in [5, 5.41) is 2.68. The van der Waals surface area contributed by atoms with Crippen molar-refractivity contribution in [3.63, 3.8) is 0 Å². The third-order valence-electron chi connectivity index (χ3n) is 4.39. The monoisotopic (exact) mass is 326 g/mol. The van der Waals surface area contributed by atoms with Crippen LogP contribution < -0.4 is 10.2 Å². The summed E-state index contributed by atoms with van der Waals surface area (Å²) in [4.78, 5) is 26.3. The molecule has 2 aromatic carbocycles. The molecule has 3 rings (SSSR count). The summed E-state index contributed by atoms with van der Waals surface area (Å²) in [5.74, 6) is -1.19. The number of carbonyl (C=O) groups excluding carboxylic acids is 2. The quantitative estimate of drug-likeness (QED) is 0.939. The minimum Gasteiger partial charge on any atom is -0.326 e. The SMILES string of the molecule is Cc1ccc(N2CC(C(=O)Nc3cccc(F)c3)CC2=O)cc1C. The number of benzene rings is 2. The number of aryl methyl sites for hydroxylation is 2. The Balaban J connectivity index is 1.72. The minimum atomic E-state index is -0.442. The van der Waals surface area contributed by atoms with Gasteiger partial charge in [-0.15, -0.1) is 0 Å². The van der Waals surface area contributed by atoms with Crippen LogP contribution in [-0.2, 0) is 9.59 Å². The fraction of sp³-hybridized carbons (Fsp3) is 0.263. The number of nitrogens with one attached hydrogen (secondary N) is 1. The molecule has 0 radical (unpaired) electrons. The van der Waals surface area contributed by atoms with Crippen molar-refractivity contribution in [3.05, 3.63) is 59.4 Å². The fourth-order valence-electron chi connectivity index (χ4n) is 2.84. The molecule has 24 heavy (non-hydrogen) atoms. The van der Waals surface area contributed by atoms with Gasteiger partial charge in [0.25, 0.3) is 0 Å². The van der Waals surface area contributed by atoms with Crippen molar-refractivity contribution in [2.45, 2.75) is 20.3 Å². The average Bonchev–Trinajstić information content (AvgIpc) is 2.92. The van der Waals surface area contributed by atoms with Crippen LogP contribution in [0, 0.1) is 25.6 Å². The molecule has 1 saturated heterocycles. The van der Waals surface area contributed by atoms with E-state index < -0.39 is 11.7 Å². The van der Waals surface area contributed by atoms with Gasteiger partial charge < -0.3 is 10.2 Å². The van der Waals surface area contributed by atoms with Crippen LogP contribution in [0.5, 0.6) is 0 Å². The Morgan fingerprint density at radius 1 is 1.17 bits per heavy atom. The second kappa shape index (κ2) is 6.43. The molecule has 1 unspecified atom stereocenters. The van der Waals surface area contributed by atoms with E-state index in [0.29, 0.717) is 12.2 Å². The van der Waals surface area contributed by atoms with Crippen LogP contribution in [0.2, 0.25) is 0 Å². The molecule has 1 heterocycles. The lowest BCUT2D eigenvalue weighted by Gasteiger charge is -2.18. The first-order valence-corrected chi connectivity index (χ1v) is 7.88. The number of amides is 2. The summed E-state index contributed by atoms with van der Waals surface area (Å²) in [5.41, 5.74) is 3.47. The van der Waals surface area contributed by atoms with Crippen LogP contribution in [0.25, 0.3) is 0 Å². The van der Waals surface area contributed by atoms with Crippen molar-refractivity contribution in [2.24, 2.45) is 5.92 Å². The van der Waals surface area contributed by atoms with Crippen LogP contribution >= 0.6 is 0 Å². The van der Waals surface area contributed by atoms with Crippen molar-refractivity contribution >= 4 is 23.2 Å². The summed E-state index contributed by atoms with van der Waals surface area (Å²) >= 11 is 0. The molecule has 0 aromatic heterocycles. The Labute approximate surface area is 140 Å². The Morgan fingerprint density at radius 2 is 1.96 bits per heavy atom. The molecule has 1 fully saturated rings. The summed E-state index contributed by atoms with van der Waals surface area (Å²) in [6.45, 7) is 4.34. The molecule has 1 aliphatic rings. The van der Waals surface area contributed by atoms with E-state index in [-0.39, 0.29) is 18.2 Å². The van der Waals surface area contributed by atoms with Gasteiger partial charge in [0.15, 0.2) is 0 Å². The number of hydrogen-bond donors (Lipinski definition) is 1. The Morgan fingerprint density at radius 3 is 2.67 bits per heavy atom. The van der Waals surface area contributed by atoms with Gasteiger partial charge in [0.1, 0.15) is 5.82 Å². The molecule has 2 aromatic rings. The third kappa shape index (κ3) is 3.30. The van der Waals surface area contributed by atoms with E-state index in [4.69, 9.17) is 0 Å². The number of carbonyl (C=O) groups is 2. The van der Waals surface area contributed by atoms with Crippen LogP contribution in [0.3, 0.4) is 0 Å². The normalized spacial score (nSPS) is 17.2. The topological polar surface area (TPSA) is 49.4 Å². The first kappa shape index (κ1) is 16.2. The van der Waals surface area contributed by atoms with Crippen molar-refractivity contribution in [1.82, 2.24) is 0 Å². The zero-order chi connectivity index (χ0) is 17.3. The van der Waals surface area contributed by atoms with Crippen LogP contribution in [-0.4, -0.2) is 18.4 Å². The molecule has 0 bridgehead atoms. The highest BCUT2D eigenvalue weighted by Gasteiger charge is 2.35. The summed E-state index contributed by atoms with van der Waals surface area (Å²) in [6.07, 6.45) is 0.161. The van der Waals surface area contributed by atoms with E-state index in [2.05, 4.69) is 5.32 Å². The summed E-state index contributed by atoms with van der Waals surface area (Å²) in [7, 11) is 0. The Hall–Kier alpha value is -2.69. The second-order valence-corrected chi connectivity index (χ2v) is 6.17. The number of nitrogens with zero attached hydrogens (tertiary/aromatic N) is 1. The average molecular weight is 326 g/mol. The van der Waals surface area contributed by atoms with Gasteiger partial charge >= 0.3 is 0 Å². The highest BCUT2D eigenvalue weighted by Crippen LogP contribution is 2.27. The van der Waals surface area contributed by atoms with E-state index in [1.165, 1.54) is 18.2 Å². The minimum absolute atomic E-state index is 0.0716. The largest absolute Gasteiger partial charge is 0.326 e. The maximum absolute atomic E-state index is 13.2. The molecule has 5 heteroatoms. The van der Waals surface area contributed by atoms with Gasteiger partial charge in [-0.25, -0.2) is 4.39 Å². The molecule has 4 nitrogen and oxygen atoms in total. The smallest absolute Gasteiger partial charge is 0.229 e. The number of halogens is 1. The standard InChI is InChI=1S/C19H19FN2O2/c1-12-6-7-17(8-13(12)2)22-11-14(9-18(22)23)19(24)21-16-5-3-4-15(20)10-16/h3-8,10,14H,9,11H2,1-2H3,(H,21,24). The molecule has 1 aliphatic heterocycles. The van der Waals surface area contributed by atoms with Crippen molar-refractivity contribution < 1.29 is 14.0 Å². The highest BCUT2D eigenvalue weighted by molar-refractivity contribution is 6.03. The highest BCUT2D eigenvalue weighted by atomic mass is 19.1. The molecular weight excluding hydrogens is 307 g/mol. The second-order valence-electron chi connectivity index (χ2n) is 6.17. The first-order chi connectivity index (χ1) is 11.4. The van der Waals surface area contributed by atoms with Crippen molar-refractivity contribution in [2.75, 3.05) is 16.8 Å². The van der Waals surface area contributed by atoms with E-state index in [1.54, 1.807) is 11.0 Å². The molecular formula is C19H19FN2O2. The molecule has 0 spiro atoms. The summed E-state index contributed by atoms with van der Waals surface area (Å²) in [6, 6.07) is 11.6. The lowest BCUT2D eigenvalue weighted by atomic mass is 10.1. The number of hydrogen-bond acceptors (Lipinski definition) is 2. The maximum atomic E-state index is 13.2. The predicted octanol–water partition coefficient (Wildman–Crippen LogP) is 3.43. The van der Waals surface area contributed by atoms with Gasteiger partial charge in [0.2, 0.25) is 11.8 Å². The van der Waals surface area contributed by atoms with E-state index in [1.807, 2.05) is 32.0 Å². The molecule has 2 amide bonds. The van der Waals surface area contributed by atoms with E-state index in [9.17, 15) is 14.0 Å². The zero-order valence-electron chi connectivity index (χ0n) is 13.7. The number of anilines is 2. The van der Waals surface area contributed by atoms with Gasteiger partial charge in [-0.2, -0.15) is 0 Å². The predicted molar refractivity (Wildman–Crippen MR) is 91.4 cm³/mol. The fourth-order valence-corrected chi connectivity index (χ4v) is 2.84. The van der Waals surface area contributed by atoms with Gasteiger partial charge in [-0.3, -0.25) is 9.59 Å². The molecule has 1 N–H and O–H groups in total. The molecule has 0 saturated carbocycles. The molecule has 0 aliphatic carbocycles. The first-order valence-electron chi connectivity index (χ1n) is 7.88. The van der Waals surface area contributed by atoms with Crippen LogP contribution in [0.4, 0.5) is 15.8 Å². The third-order valence-corrected chi connectivity index (χ3v) is 4.39. The number of rotatable bonds is 3. The van der Waals surface area contributed by atoms with Gasteiger partial charge in [-0.05, 0) is 55.3 Å². The Kier molecular flexibility index (Phi) is 4.34. The molecule has 1 atom stereocenters. The van der Waals surface area contributed by atoms with E-state index >= 15 is 0 Å². The molecule has 124 valence electrons. The Bertz CT molecular complexity index is 804. The van der Waals surface area contributed by atoms with Crippen molar-refractivity contribution in [3.8, 4) is 0 Å². The van der Waals surface area contributed by atoms with Crippen molar-refractivity contribution in [1.29, 1.82) is 0 Å². The maximum Gasteiger partial charge on any atom is 0.229 e. The lowest BCUT2D eigenvalue weighted by molar-refractivity contribution is -0.122. The lowest BCUT2D eigenvalue weighted by Crippen LogP contribution is -2.28. The van der Waals surface area contributed by atoms with Gasteiger partial charge in [-0.1, -0.05) is 12.1 Å². The van der Waals surface area contributed by atoms with Gasteiger partial charge in [0, 0.05) is 24.3 Å². The van der Waals surface area contributed by atoms with Gasteiger partial charge in [0.05, 0.1) is 5.92 Å². The summed E-state index contributed by atoms with van der Waals surface area (Å²) < 4.78 is 13.2. The van der Waals surface area contributed by atoms with E-state index in [0.717, 1.165) is 16.8 Å². The zero-order valence-corrected chi connectivity index (χ0v) is 13.7. The van der Waals surface area contributed by atoms with Crippen LogP contribution in [0.15, 0.2) is 42.5 Å². The van der Waals surface area contributed by atoms with Crippen LogP contribution in [0.1, 0.15) is 17.5 Å².